The molecular formula is C22H23F2N3O3. The molecule has 0 saturated carbocycles. The highest BCUT2D eigenvalue weighted by Crippen LogP contribution is 2.35. The van der Waals surface area contributed by atoms with E-state index in [-0.39, 0.29) is 23.5 Å². The molecule has 2 aromatic carbocycles. The number of nitro benzene ring substituents is 1. The molecule has 0 aromatic heterocycles. The molecule has 4 rings (SSSR count). The van der Waals surface area contributed by atoms with Gasteiger partial charge >= 0.3 is 0 Å². The Balaban J connectivity index is 1.68. The van der Waals surface area contributed by atoms with Crippen LogP contribution in [0, 0.1) is 27.7 Å². The topological polar surface area (TPSA) is 66.7 Å². The van der Waals surface area contributed by atoms with Crippen molar-refractivity contribution in [2.45, 2.75) is 32.6 Å². The molecule has 0 unspecified atom stereocenters. The summed E-state index contributed by atoms with van der Waals surface area (Å²) in [5.41, 5.74) is 0.973. The second-order valence-corrected chi connectivity index (χ2v) is 8.09. The van der Waals surface area contributed by atoms with Gasteiger partial charge in [-0.25, -0.2) is 8.78 Å². The van der Waals surface area contributed by atoms with E-state index in [1.165, 1.54) is 17.0 Å². The van der Waals surface area contributed by atoms with Crippen molar-refractivity contribution in [2.75, 3.05) is 29.4 Å². The van der Waals surface area contributed by atoms with E-state index < -0.39 is 22.5 Å². The Morgan fingerprint density at radius 1 is 1.13 bits per heavy atom. The van der Waals surface area contributed by atoms with Crippen molar-refractivity contribution < 1.29 is 18.5 Å². The molecule has 2 heterocycles. The maximum atomic E-state index is 14.5. The van der Waals surface area contributed by atoms with Crippen LogP contribution in [0.1, 0.15) is 42.1 Å². The van der Waals surface area contributed by atoms with Gasteiger partial charge in [0.1, 0.15) is 17.3 Å². The highest BCUT2D eigenvalue weighted by Gasteiger charge is 2.30. The number of amides is 1. The van der Waals surface area contributed by atoms with E-state index in [0.29, 0.717) is 30.0 Å². The number of fused-ring (bicyclic) bond motifs is 1. The molecular weight excluding hydrogens is 392 g/mol. The van der Waals surface area contributed by atoms with E-state index in [1.54, 1.807) is 12.1 Å². The summed E-state index contributed by atoms with van der Waals surface area (Å²) in [6.45, 7) is 3.89. The molecule has 8 heteroatoms. The molecule has 2 aromatic rings. The van der Waals surface area contributed by atoms with Gasteiger partial charge < -0.3 is 9.80 Å². The first kappa shape index (κ1) is 20.3. The van der Waals surface area contributed by atoms with Crippen molar-refractivity contribution in [3.63, 3.8) is 0 Å². The van der Waals surface area contributed by atoms with Gasteiger partial charge in [0, 0.05) is 37.3 Å². The molecule has 2 aliphatic rings. The average Bonchev–Trinajstić information content (AvgIpc) is 2.72. The molecule has 0 bridgehead atoms. The van der Waals surface area contributed by atoms with Gasteiger partial charge in [0.15, 0.2) is 0 Å². The normalized spacial score (nSPS) is 17.0. The molecule has 0 spiro atoms. The Hall–Kier alpha value is -3.03. The third-order valence-electron chi connectivity index (χ3n) is 5.99. The zero-order valence-corrected chi connectivity index (χ0v) is 16.7. The van der Waals surface area contributed by atoms with Crippen molar-refractivity contribution in [3.8, 4) is 0 Å². The Morgan fingerprint density at radius 3 is 2.57 bits per heavy atom. The van der Waals surface area contributed by atoms with Gasteiger partial charge in [0.2, 0.25) is 0 Å². The van der Waals surface area contributed by atoms with Crippen LogP contribution in [-0.2, 0) is 6.42 Å². The van der Waals surface area contributed by atoms with Crippen LogP contribution in [0.4, 0.5) is 25.8 Å². The van der Waals surface area contributed by atoms with Gasteiger partial charge in [0.05, 0.1) is 10.6 Å². The number of aryl methyl sites for hydroxylation is 1. The Bertz CT molecular complexity index is 1000. The van der Waals surface area contributed by atoms with E-state index in [2.05, 4.69) is 6.92 Å². The zero-order valence-electron chi connectivity index (χ0n) is 16.7. The summed E-state index contributed by atoms with van der Waals surface area (Å²) in [5.74, 6) is -1.42. The van der Waals surface area contributed by atoms with Crippen LogP contribution < -0.4 is 9.80 Å². The number of nitrogens with zero attached hydrogens (tertiary/aromatic N) is 3. The number of rotatable bonds is 3. The van der Waals surface area contributed by atoms with Gasteiger partial charge in [-0.05, 0) is 55.4 Å². The van der Waals surface area contributed by atoms with Gasteiger partial charge in [0.25, 0.3) is 11.6 Å². The van der Waals surface area contributed by atoms with Gasteiger partial charge in [-0.3, -0.25) is 14.9 Å². The fraction of sp³-hybridized carbons (Fsp3) is 0.409. The van der Waals surface area contributed by atoms with Crippen LogP contribution in [-0.4, -0.2) is 30.5 Å². The third-order valence-corrected chi connectivity index (χ3v) is 5.99. The van der Waals surface area contributed by atoms with Crippen molar-refractivity contribution in [1.82, 2.24) is 0 Å². The summed E-state index contributed by atoms with van der Waals surface area (Å²) >= 11 is 0. The molecule has 1 amide bonds. The molecule has 0 N–H and O–H groups in total. The molecule has 1 fully saturated rings. The van der Waals surface area contributed by atoms with Crippen molar-refractivity contribution in [1.29, 1.82) is 0 Å². The molecule has 2 aliphatic heterocycles. The van der Waals surface area contributed by atoms with E-state index in [9.17, 15) is 23.7 Å². The Kier molecular flexibility index (Phi) is 5.40. The molecule has 30 heavy (non-hydrogen) atoms. The second-order valence-electron chi connectivity index (χ2n) is 8.09. The first-order valence-corrected chi connectivity index (χ1v) is 10.2. The third kappa shape index (κ3) is 3.74. The van der Waals surface area contributed by atoms with Gasteiger partial charge in [-0.1, -0.05) is 6.92 Å². The van der Waals surface area contributed by atoms with Crippen molar-refractivity contribution in [3.05, 3.63) is 63.2 Å². The first-order valence-electron chi connectivity index (χ1n) is 10.2. The quantitative estimate of drug-likeness (QED) is 0.538. The van der Waals surface area contributed by atoms with Gasteiger partial charge in [-0.2, -0.15) is 0 Å². The molecule has 0 atom stereocenters. The lowest BCUT2D eigenvalue weighted by molar-refractivity contribution is -0.384. The summed E-state index contributed by atoms with van der Waals surface area (Å²) in [5, 5.41) is 11.7. The van der Waals surface area contributed by atoms with Crippen LogP contribution in [0.5, 0.6) is 0 Å². The number of hydrogen-bond acceptors (Lipinski definition) is 4. The maximum Gasteiger partial charge on any atom is 0.293 e. The lowest BCUT2D eigenvalue weighted by atomic mass is 9.98. The number of anilines is 2. The molecule has 1 saturated heterocycles. The highest BCUT2D eigenvalue weighted by molar-refractivity contribution is 6.07. The lowest BCUT2D eigenvalue weighted by Gasteiger charge is -2.32. The fourth-order valence-electron chi connectivity index (χ4n) is 4.33. The summed E-state index contributed by atoms with van der Waals surface area (Å²) in [7, 11) is 0. The minimum atomic E-state index is -0.799. The SMILES string of the molecule is CC1CCN(c2ccc(C(=O)N3CCCc4cc(F)cc(F)c43)cc2[N+](=O)[O-])CC1. The van der Waals surface area contributed by atoms with Crippen molar-refractivity contribution in [2.24, 2.45) is 5.92 Å². The van der Waals surface area contributed by atoms with Crippen LogP contribution >= 0.6 is 0 Å². The average molecular weight is 415 g/mol. The predicted octanol–water partition coefficient (Wildman–Crippen LogP) is 4.70. The number of halogens is 2. The fourth-order valence-corrected chi connectivity index (χ4v) is 4.33. The van der Waals surface area contributed by atoms with E-state index >= 15 is 0 Å². The first-order chi connectivity index (χ1) is 14.3. The number of benzene rings is 2. The van der Waals surface area contributed by atoms with E-state index in [0.717, 1.165) is 32.0 Å². The minimum Gasteiger partial charge on any atom is -0.366 e. The number of carbonyl (C=O) groups excluding carboxylic acids is 1. The Morgan fingerprint density at radius 2 is 1.87 bits per heavy atom. The number of piperidine rings is 1. The summed E-state index contributed by atoms with van der Waals surface area (Å²) in [6.07, 6.45) is 2.95. The van der Waals surface area contributed by atoms with Gasteiger partial charge in [-0.15, -0.1) is 0 Å². The van der Waals surface area contributed by atoms with E-state index in [1.807, 2.05) is 4.90 Å². The minimum absolute atomic E-state index is 0.0596. The highest BCUT2D eigenvalue weighted by atomic mass is 19.1. The largest absolute Gasteiger partial charge is 0.366 e. The van der Waals surface area contributed by atoms with Crippen LogP contribution in [0.15, 0.2) is 30.3 Å². The maximum absolute atomic E-state index is 14.5. The lowest BCUT2D eigenvalue weighted by Crippen LogP contribution is -2.36. The summed E-state index contributed by atoms with van der Waals surface area (Å²) in [6, 6.07) is 6.42. The molecule has 158 valence electrons. The zero-order chi connectivity index (χ0) is 21.4. The smallest absolute Gasteiger partial charge is 0.293 e. The number of carbonyl (C=O) groups is 1. The summed E-state index contributed by atoms with van der Waals surface area (Å²) in [4.78, 5) is 27.6. The predicted molar refractivity (Wildman–Crippen MR) is 110 cm³/mol. The summed E-state index contributed by atoms with van der Waals surface area (Å²) < 4.78 is 28.0. The number of hydrogen-bond donors (Lipinski definition) is 0. The molecule has 0 aliphatic carbocycles. The van der Waals surface area contributed by atoms with Crippen LogP contribution in [0.2, 0.25) is 0 Å². The van der Waals surface area contributed by atoms with Crippen molar-refractivity contribution >= 4 is 23.0 Å². The van der Waals surface area contributed by atoms with Crippen LogP contribution in [0.25, 0.3) is 0 Å². The molecule has 0 radical (unpaired) electrons. The monoisotopic (exact) mass is 415 g/mol. The van der Waals surface area contributed by atoms with Crippen LogP contribution in [0.3, 0.4) is 0 Å². The van der Waals surface area contributed by atoms with E-state index in [4.69, 9.17) is 0 Å². The Labute approximate surface area is 173 Å². The second kappa shape index (κ2) is 8.01. The standard InChI is InChI=1S/C22H23F2N3O3/c1-14-6-9-25(10-7-14)19-5-4-16(12-20(19)27(29)30)22(28)26-8-2-3-15-11-17(23)13-18(24)21(15)26/h4-5,11-14H,2-3,6-10H2,1H3. The molecule has 6 nitrogen and oxygen atoms in total. The number of nitro groups is 1.